The third-order valence-electron chi connectivity index (χ3n) is 2.52. The van der Waals surface area contributed by atoms with Crippen molar-refractivity contribution in [3.05, 3.63) is 56.7 Å². The van der Waals surface area contributed by atoms with Gasteiger partial charge in [-0.15, -0.1) is 0 Å². The minimum absolute atomic E-state index is 0.0707. The topological polar surface area (TPSA) is 38.3 Å². The molecule has 2 rings (SSSR count). The van der Waals surface area contributed by atoms with Gasteiger partial charge in [0, 0.05) is 10.5 Å². The maximum Gasteiger partial charge on any atom is 0.262 e. The smallest absolute Gasteiger partial charge is 0.262 e. The van der Waals surface area contributed by atoms with Gasteiger partial charge in [0.25, 0.3) is 5.91 Å². The molecule has 0 bridgehead atoms. The van der Waals surface area contributed by atoms with Crippen LogP contribution in [-0.4, -0.2) is 12.5 Å². The van der Waals surface area contributed by atoms with Gasteiger partial charge in [0.2, 0.25) is 0 Å². The number of carbonyl (C=O) groups excluding carboxylic acids is 1. The molecular formula is C14H8Br2F3NO2. The summed E-state index contributed by atoms with van der Waals surface area (Å²) in [5.74, 6) is -2.53. The van der Waals surface area contributed by atoms with E-state index >= 15 is 0 Å². The average Bonchev–Trinajstić information content (AvgIpc) is 2.42. The third-order valence-corrected chi connectivity index (χ3v) is 3.77. The molecule has 0 saturated carbocycles. The molecule has 1 N–H and O–H groups in total. The third kappa shape index (κ3) is 4.23. The van der Waals surface area contributed by atoms with Crippen molar-refractivity contribution in [2.45, 2.75) is 0 Å². The molecule has 1 amide bonds. The molecule has 2 aromatic carbocycles. The SMILES string of the molecule is O=C(COc1ccc(F)cc1Br)Nc1c(F)cc(F)cc1Br. The summed E-state index contributed by atoms with van der Waals surface area (Å²) in [7, 11) is 0. The summed E-state index contributed by atoms with van der Waals surface area (Å²) in [5.41, 5.74) is -0.187. The Morgan fingerprint density at radius 3 is 2.36 bits per heavy atom. The van der Waals surface area contributed by atoms with Crippen molar-refractivity contribution >= 4 is 43.5 Å². The Labute approximate surface area is 140 Å². The Hall–Kier alpha value is -1.54. The Balaban J connectivity index is 2.02. The molecule has 0 unspecified atom stereocenters. The van der Waals surface area contributed by atoms with Crippen LogP contribution in [0, 0.1) is 17.5 Å². The predicted octanol–water partition coefficient (Wildman–Crippen LogP) is 4.65. The molecule has 116 valence electrons. The normalized spacial score (nSPS) is 10.4. The van der Waals surface area contributed by atoms with Crippen molar-refractivity contribution in [3.63, 3.8) is 0 Å². The molecule has 22 heavy (non-hydrogen) atoms. The van der Waals surface area contributed by atoms with E-state index in [2.05, 4.69) is 37.2 Å². The van der Waals surface area contributed by atoms with Crippen molar-refractivity contribution in [2.75, 3.05) is 11.9 Å². The highest BCUT2D eigenvalue weighted by Gasteiger charge is 2.13. The fraction of sp³-hybridized carbons (Fsp3) is 0.0714. The van der Waals surface area contributed by atoms with Gasteiger partial charge in [-0.05, 0) is 56.1 Å². The number of amides is 1. The van der Waals surface area contributed by atoms with Gasteiger partial charge in [0.05, 0.1) is 10.2 Å². The lowest BCUT2D eigenvalue weighted by molar-refractivity contribution is -0.118. The zero-order chi connectivity index (χ0) is 16.3. The van der Waals surface area contributed by atoms with E-state index in [9.17, 15) is 18.0 Å². The number of benzene rings is 2. The molecule has 0 fully saturated rings. The molecule has 0 aliphatic rings. The molecular weight excluding hydrogens is 431 g/mol. The van der Waals surface area contributed by atoms with E-state index in [4.69, 9.17) is 4.74 Å². The van der Waals surface area contributed by atoms with Crippen molar-refractivity contribution in [1.29, 1.82) is 0 Å². The first-order valence-corrected chi connectivity index (χ1v) is 7.47. The Kier molecular flexibility index (Phi) is 5.47. The predicted molar refractivity (Wildman–Crippen MR) is 82.3 cm³/mol. The second kappa shape index (κ2) is 7.15. The highest BCUT2D eigenvalue weighted by atomic mass is 79.9. The fourth-order valence-corrected chi connectivity index (χ4v) is 2.55. The summed E-state index contributed by atoms with van der Waals surface area (Å²) in [4.78, 5) is 11.7. The second-order valence-electron chi connectivity index (χ2n) is 4.16. The lowest BCUT2D eigenvalue weighted by atomic mass is 10.3. The van der Waals surface area contributed by atoms with Crippen LogP contribution in [0.15, 0.2) is 39.3 Å². The van der Waals surface area contributed by atoms with Crippen LogP contribution < -0.4 is 10.1 Å². The van der Waals surface area contributed by atoms with Crippen LogP contribution in [-0.2, 0) is 4.79 Å². The molecule has 0 saturated heterocycles. The molecule has 0 heterocycles. The van der Waals surface area contributed by atoms with Gasteiger partial charge in [0.1, 0.15) is 17.4 Å². The number of carbonyl (C=O) groups is 1. The lowest BCUT2D eigenvalue weighted by Gasteiger charge is -2.11. The zero-order valence-corrected chi connectivity index (χ0v) is 14.0. The molecule has 0 spiro atoms. The summed E-state index contributed by atoms with van der Waals surface area (Å²) < 4.78 is 45.0. The minimum atomic E-state index is -0.914. The molecule has 0 aliphatic carbocycles. The first kappa shape index (κ1) is 16.8. The van der Waals surface area contributed by atoms with E-state index in [0.717, 1.165) is 6.07 Å². The van der Waals surface area contributed by atoms with E-state index in [1.807, 2.05) is 0 Å². The number of rotatable bonds is 4. The zero-order valence-electron chi connectivity index (χ0n) is 10.8. The largest absolute Gasteiger partial charge is 0.483 e. The molecule has 0 aliphatic heterocycles. The molecule has 2 aromatic rings. The summed E-state index contributed by atoms with van der Waals surface area (Å²) in [6.07, 6.45) is 0. The number of anilines is 1. The maximum absolute atomic E-state index is 13.6. The number of hydrogen-bond donors (Lipinski definition) is 1. The van der Waals surface area contributed by atoms with Crippen molar-refractivity contribution in [2.24, 2.45) is 0 Å². The quantitative estimate of drug-likeness (QED) is 0.754. The second-order valence-corrected chi connectivity index (χ2v) is 5.86. The van der Waals surface area contributed by atoms with Crippen molar-refractivity contribution in [3.8, 4) is 5.75 Å². The number of ether oxygens (including phenoxy) is 1. The van der Waals surface area contributed by atoms with Crippen LogP contribution >= 0.6 is 31.9 Å². The fourth-order valence-electron chi connectivity index (χ4n) is 1.57. The van der Waals surface area contributed by atoms with E-state index < -0.39 is 30.0 Å². The van der Waals surface area contributed by atoms with Gasteiger partial charge < -0.3 is 10.1 Å². The van der Waals surface area contributed by atoms with E-state index in [1.54, 1.807) is 0 Å². The summed E-state index contributed by atoms with van der Waals surface area (Å²) in [6.45, 7) is -0.423. The van der Waals surface area contributed by atoms with Gasteiger partial charge in [0.15, 0.2) is 12.4 Å². The first-order valence-electron chi connectivity index (χ1n) is 5.89. The van der Waals surface area contributed by atoms with Crippen molar-refractivity contribution in [1.82, 2.24) is 0 Å². The molecule has 0 atom stereocenters. The Morgan fingerprint density at radius 1 is 1.05 bits per heavy atom. The van der Waals surface area contributed by atoms with Gasteiger partial charge in [-0.2, -0.15) is 0 Å². The van der Waals surface area contributed by atoms with Crippen LogP contribution in [0.25, 0.3) is 0 Å². The number of nitrogens with one attached hydrogen (secondary N) is 1. The molecule has 8 heteroatoms. The number of hydrogen-bond acceptors (Lipinski definition) is 2. The Bertz CT molecular complexity index is 702. The first-order chi connectivity index (χ1) is 10.4. The molecule has 0 aromatic heterocycles. The highest BCUT2D eigenvalue weighted by molar-refractivity contribution is 9.11. The van der Waals surface area contributed by atoms with E-state index in [1.165, 1.54) is 18.2 Å². The van der Waals surface area contributed by atoms with Gasteiger partial charge in [-0.3, -0.25) is 4.79 Å². The summed E-state index contributed by atoms with van der Waals surface area (Å²) >= 11 is 6.05. The van der Waals surface area contributed by atoms with Crippen LogP contribution in [0.1, 0.15) is 0 Å². The van der Waals surface area contributed by atoms with Crippen LogP contribution in [0.2, 0.25) is 0 Å². The van der Waals surface area contributed by atoms with Gasteiger partial charge in [-0.1, -0.05) is 0 Å². The van der Waals surface area contributed by atoms with Crippen LogP contribution in [0.5, 0.6) is 5.75 Å². The van der Waals surface area contributed by atoms with Crippen molar-refractivity contribution < 1.29 is 22.7 Å². The summed E-state index contributed by atoms with van der Waals surface area (Å²) in [6, 6.07) is 5.38. The average molecular weight is 439 g/mol. The van der Waals surface area contributed by atoms with Gasteiger partial charge >= 0.3 is 0 Å². The molecule has 0 radical (unpaired) electrons. The van der Waals surface area contributed by atoms with Crippen LogP contribution in [0.4, 0.5) is 18.9 Å². The maximum atomic E-state index is 13.6. The molecule has 3 nitrogen and oxygen atoms in total. The monoisotopic (exact) mass is 437 g/mol. The Morgan fingerprint density at radius 2 is 1.73 bits per heavy atom. The lowest BCUT2D eigenvalue weighted by Crippen LogP contribution is -2.21. The van der Waals surface area contributed by atoms with Gasteiger partial charge in [-0.25, -0.2) is 13.2 Å². The van der Waals surface area contributed by atoms with E-state index in [0.29, 0.717) is 10.5 Å². The van der Waals surface area contributed by atoms with E-state index in [-0.39, 0.29) is 15.9 Å². The minimum Gasteiger partial charge on any atom is -0.483 e. The van der Waals surface area contributed by atoms with Crippen LogP contribution in [0.3, 0.4) is 0 Å². The standard InChI is InChI=1S/C14H8Br2F3NO2/c15-9-3-7(17)1-2-12(9)22-6-13(21)20-14-10(16)4-8(18)5-11(14)19/h1-5H,6H2,(H,20,21). The number of halogens is 5. The highest BCUT2D eigenvalue weighted by Crippen LogP contribution is 2.27. The summed E-state index contributed by atoms with van der Waals surface area (Å²) in [5, 5.41) is 2.26.